The quantitative estimate of drug-likeness (QED) is 0.399. The Balaban J connectivity index is 1.34. The highest BCUT2D eigenvalue weighted by Crippen LogP contribution is 2.26. The van der Waals surface area contributed by atoms with E-state index in [0.717, 1.165) is 10.2 Å². The Labute approximate surface area is 191 Å². The fourth-order valence-corrected chi connectivity index (χ4v) is 4.59. The van der Waals surface area contributed by atoms with Crippen molar-refractivity contribution >= 4 is 50.3 Å². The summed E-state index contributed by atoms with van der Waals surface area (Å²) in [5.74, 6) is -0.273. The van der Waals surface area contributed by atoms with Crippen LogP contribution >= 0.6 is 23.1 Å². The van der Waals surface area contributed by atoms with Crippen molar-refractivity contribution in [3.63, 3.8) is 0 Å². The van der Waals surface area contributed by atoms with Crippen molar-refractivity contribution in [2.45, 2.75) is 18.1 Å². The van der Waals surface area contributed by atoms with Crippen LogP contribution in [0.2, 0.25) is 0 Å². The molecule has 0 spiro atoms. The van der Waals surface area contributed by atoms with Gasteiger partial charge in [-0.1, -0.05) is 35.2 Å². The standard InChI is InChI=1S/C21H19FN6O2S2/c1-12(23-19(30)13-7-9-14(22)10-8-13)18-26-27-21(28(18)2)31-11-17(29)25-20-24-15-5-3-4-6-16(15)32-20/h3-10,12H,11H2,1-2H3,(H,23,30)(H,24,25,29). The van der Waals surface area contributed by atoms with Gasteiger partial charge >= 0.3 is 0 Å². The van der Waals surface area contributed by atoms with E-state index in [1.165, 1.54) is 47.4 Å². The van der Waals surface area contributed by atoms with Gasteiger partial charge in [0, 0.05) is 12.6 Å². The van der Waals surface area contributed by atoms with Crippen molar-refractivity contribution in [2.24, 2.45) is 7.05 Å². The van der Waals surface area contributed by atoms with E-state index in [9.17, 15) is 14.0 Å². The molecule has 4 aromatic rings. The molecular weight excluding hydrogens is 451 g/mol. The average molecular weight is 471 g/mol. The van der Waals surface area contributed by atoms with Gasteiger partial charge in [-0.3, -0.25) is 9.59 Å². The number of hydrogen-bond donors (Lipinski definition) is 2. The van der Waals surface area contributed by atoms with Crippen LogP contribution in [-0.4, -0.2) is 37.3 Å². The molecule has 2 amide bonds. The highest BCUT2D eigenvalue weighted by atomic mass is 32.2. The number of halogens is 1. The first kappa shape index (κ1) is 21.9. The van der Waals surface area contributed by atoms with Crippen LogP contribution in [0.3, 0.4) is 0 Å². The van der Waals surface area contributed by atoms with Crippen LogP contribution in [0, 0.1) is 5.82 Å². The summed E-state index contributed by atoms with van der Waals surface area (Å²) in [6.45, 7) is 1.78. The van der Waals surface area contributed by atoms with Gasteiger partial charge < -0.3 is 15.2 Å². The largest absolute Gasteiger partial charge is 0.342 e. The number of carbonyl (C=O) groups is 2. The number of aromatic nitrogens is 4. The van der Waals surface area contributed by atoms with Gasteiger partial charge in [0.2, 0.25) is 5.91 Å². The molecule has 11 heteroatoms. The zero-order chi connectivity index (χ0) is 22.7. The Morgan fingerprint density at radius 1 is 1.16 bits per heavy atom. The zero-order valence-electron chi connectivity index (χ0n) is 17.2. The summed E-state index contributed by atoms with van der Waals surface area (Å²) in [5.41, 5.74) is 1.19. The Morgan fingerprint density at radius 3 is 2.66 bits per heavy atom. The molecule has 0 aliphatic heterocycles. The number of rotatable bonds is 7. The molecule has 32 heavy (non-hydrogen) atoms. The van der Waals surface area contributed by atoms with Gasteiger partial charge in [-0.15, -0.1) is 10.2 Å². The van der Waals surface area contributed by atoms with E-state index in [2.05, 4.69) is 25.8 Å². The first-order valence-corrected chi connectivity index (χ1v) is 11.4. The molecule has 0 aliphatic carbocycles. The van der Waals surface area contributed by atoms with Gasteiger partial charge in [-0.05, 0) is 43.3 Å². The first-order chi connectivity index (χ1) is 15.4. The molecule has 2 aromatic carbocycles. The molecule has 164 valence electrons. The van der Waals surface area contributed by atoms with Crippen LogP contribution < -0.4 is 10.6 Å². The van der Waals surface area contributed by atoms with E-state index < -0.39 is 11.9 Å². The molecule has 0 saturated carbocycles. The number of thiazole rings is 1. The molecule has 1 atom stereocenters. The van der Waals surface area contributed by atoms with E-state index in [1.54, 1.807) is 18.5 Å². The van der Waals surface area contributed by atoms with Gasteiger partial charge in [0.25, 0.3) is 5.91 Å². The number of nitrogens with zero attached hydrogens (tertiary/aromatic N) is 4. The van der Waals surface area contributed by atoms with Gasteiger partial charge in [-0.25, -0.2) is 9.37 Å². The molecule has 1 unspecified atom stereocenters. The van der Waals surface area contributed by atoms with Crippen LogP contribution in [-0.2, 0) is 11.8 Å². The van der Waals surface area contributed by atoms with Gasteiger partial charge in [0.15, 0.2) is 16.1 Å². The summed E-state index contributed by atoms with van der Waals surface area (Å²) in [5, 5.41) is 15.0. The summed E-state index contributed by atoms with van der Waals surface area (Å²) in [6.07, 6.45) is 0. The molecule has 0 aliphatic rings. The Bertz CT molecular complexity index is 1240. The highest BCUT2D eigenvalue weighted by Gasteiger charge is 2.19. The van der Waals surface area contributed by atoms with Crippen LogP contribution in [0.5, 0.6) is 0 Å². The second kappa shape index (κ2) is 9.45. The number of fused-ring (bicyclic) bond motifs is 1. The maximum Gasteiger partial charge on any atom is 0.251 e. The molecule has 0 radical (unpaired) electrons. The highest BCUT2D eigenvalue weighted by molar-refractivity contribution is 7.99. The lowest BCUT2D eigenvalue weighted by molar-refractivity contribution is -0.113. The predicted molar refractivity (Wildman–Crippen MR) is 122 cm³/mol. The van der Waals surface area contributed by atoms with Crippen molar-refractivity contribution < 1.29 is 14.0 Å². The SMILES string of the molecule is CC(NC(=O)c1ccc(F)cc1)c1nnc(SCC(=O)Nc2nc3ccccc3s2)n1C. The summed E-state index contributed by atoms with van der Waals surface area (Å²) in [7, 11) is 1.77. The summed E-state index contributed by atoms with van der Waals surface area (Å²) >= 11 is 2.65. The summed E-state index contributed by atoms with van der Waals surface area (Å²) in [4.78, 5) is 29.1. The molecule has 2 N–H and O–H groups in total. The summed E-state index contributed by atoms with van der Waals surface area (Å²) in [6, 6.07) is 12.5. The number of carbonyl (C=O) groups excluding carboxylic acids is 2. The van der Waals surface area contributed by atoms with Crippen LogP contribution in [0.1, 0.15) is 29.1 Å². The number of anilines is 1. The van der Waals surface area contributed by atoms with Crippen molar-refractivity contribution in [1.29, 1.82) is 0 Å². The zero-order valence-corrected chi connectivity index (χ0v) is 18.8. The van der Waals surface area contributed by atoms with Crippen LogP contribution in [0.15, 0.2) is 53.7 Å². The number of benzene rings is 2. The minimum atomic E-state index is -0.434. The van der Waals surface area contributed by atoms with Crippen molar-refractivity contribution in [1.82, 2.24) is 25.1 Å². The summed E-state index contributed by atoms with van der Waals surface area (Å²) < 4.78 is 15.8. The molecule has 0 fully saturated rings. The maximum atomic E-state index is 13.0. The van der Waals surface area contributed by atoms with Crippen LogP contribution in [0.25, 0.3) is 10.2 Å². The molecule has 4 rings (SSSR count). The minimum absolute atomic E-state index is 0.137. The molecule has 8 nitrogen and oxygen atoms in total. The van der Waals surface area contributed by atoms with Crippen molar-refractivity contribution in [3.8, 4) is 0 Å². The van der Waals surface area contributed by atoms with Crippen molar-refractivity contribution in [2.75, 3.05) is 11.1 Å². The van der Waals surface area contributed by atoms with Gasteiger partial charge in [-0.2, -0.15) is 0 Å². The van der Waals surface area contributed by atoms with E-state index >= 15 is 0 Å². The van der Waals surface area contributed by atoms with Gasteiger partial charge in [0.05, 0.1) is 22.0 Å². The number of hydrogen-bond acceptors (Lipinski definition) is 7. The normalized spacial score (nSPS) is 12.0. The van der Waals surface area contributed by atoms with E-state index in [1.807, 2.05) is 24.3 Å². The average Bonchev–Trinajstić information content (AvgIpc) is 3.35. The lowest BCUT2D eigenvalue weighted by atomic mass is 10.2. The Kier molecular flexibility index (Phi) is 6.47. The van der Waals surface area contributed by atoms with E-state index in [4.69, 9.17) is 0 Å². The maximum absolute atomic E-state index is 13.0. The number of amides is 2. The van der Waals surface area contributed by atoms with Crippen molar-refractivity contribution in [3.05, 3.63) is 65.7 Å². The Morgan fingerprint density at radius 2 is 1.91 bits per heavy atom. The van der Waals surface area contributed by atoms with Crippen LogP contribution in [0.4, 0.5) is 9.52 Å². The lowest BCUT2D eigenvalue weighted by Crippen LogP contribution is -2.28. The lowest BCUT2D eigenvalue weighted by Gasteiger charge is -2.13. The number of para-hydroxylation sites is 1. The topological polar surface area (TPSA) is 102 Å². The number of nitrogens with one attached hydrogen (secondary N) is 2. The third kappa shape index (κ3) is 4.94. The molecule has 2 heterocycles. The second-order valence-electron chi connectivity index (χ2n) is 6.93. The van der Waals surface area contributed by atoms with Gasteiger partial charge in [0.1, 0.15) is 5.82 Å². The third-order valence-electron chi connectivity index (χ3n) is 4.58. The molecule has 2 aromatic heterocycles. The third-order valence-corrected chi connectivity index (χ3v) is 6.55. The second-order valence-corrected chi connectivity index (χ2v) is 8.90. The first-order valence-electron chi connectivity index (χ1n) is 9.64. The van der Waals surface area contributed by atoms with E-state index in [0.29, 0.717) is 21.7 Å². The minimum Gasteiger partial charge on any atom is -0.342 e. The Hall–Kier alpha value is -3.31. The monoisotopic (exact) mass is 470 g/mol. The molecule has 0 bridgehead atoms. The molecular formula is C21H19FN6O2S2. The fourth-order valence-electron chi connectivity index (χ4n) is 2.99. The number of thioether (sulfide) groups is 1. The fraction of sp³-hybridized carbons (Fsp3) is 0.190. The molecule has 0 saturated heterocycles. The van der Waals surface area contributed by atoms with E-state index in [-0.39, 0.29) is 17.6 Å². The predicted octanol–water partition coefficient (Wildman–Crippen LogP) is 3.79. The smallest absolute Gasteiger partial charge is 0.251 e.